The molecule has 0 unspecified atom stereocenters. The van der Waals surface area contributed by atoms with Gasteiger partial charge in [0.25, 0.3) is 11.4 Å². The van der Waals surface area contributed by atoms with Gasteiger partial charge in [-0.1, -0.05) is 0 Å². The average Bonchev–Trinajstić information content (AvgIpc) is 2.75. The Morgan fingerprint density at radius 1 is 1.23 bits per heavy atom. The molecule has 0 aromatic carbocycles. The largest absolute Gasteiger partial charge is 0.479 e. The summed E-state index contributed by atoms with van der Waals surface area (Å²) in [7, 11) is -2.27. The number of nitrogens with one attached hydrogen (secondary N) is 2. The average molecular weight is 501 g/mol. The number of fused-ring (bicyclic) bond motifs is 1. The van der Waals surface area contributed by atoms with Gasteiger partial charge in [-0.2, -0.15) is 0 Å². The molecule has 0 radical (unpaired) electrons. The summed E-state index contributed by atoms with van der Waals surface area (Å²) in [6, 6.07) is 4.90. The van der Waals surface area contributed by atoms with Crippen molar-refractivity contribution >= 4 is 33.1 Å². The number of sulfone groups is 1. The first-order valence-electron chi connectivity index (χ1n) is 10.5. The Labute approximate surface area is 201 Å². The van der Waals surface area contributed by atoms with Gasteiger partial charge >= 0.3 is 0 Å². The number of aromatic nitrogens is 4. The van der Waals surface area contributed by atoms with E-state index in [9.17, 15) is 18.0 Å². The van der Waals surface area contributed by atoms with Crippen LogP contribution in [0.1, 0.15) is 20.8 Å². The van der Waals surface area contributed by atoms with Crippen molar-refractivity contribution in [3.05, 3.63) is 40.9 Å². The number of hydrogen-bond acceptors (Lipinski definition) is 10. The molecule has 0 bridgehead atoms. The van der Waals surface area contributed by atoms with Crippen LogP contribution in [0.3, 0.4) is 0 Å². The van der Waals surface area contributed by atoms with Gasteiger partial charge in [0.15, 0.2) is 26.4 Å². The molecule has 4 heterocycles. The van der Waals surface area contributed by atoms with Gasteiger partial charge in [0.2, 0.25) is 5.91 Å². The zero-order valence-electron chi connectivity index (χ0n) is 19.7. The molecule has 35 heavy (non-hydrogen) atoms. The lowest BCUT2D eigenvalue weighted by Gasteiger charge is -2.31. The molecule has 4 rings (SSSR count). The molecule has 1 aliphatic rings. The van der Waals surface area contributed by atoms with Crippen LogP contribution >= 0.6 is 0 Å². The predicted octanol–water partition coefficient (Wildman–Crippen LogP) is 1.89. The summed E-state index contributed by atoms with van der Waals surface area (Å²) in [6.07, 6.45) is 3.60. The molecule has 1 aliphatic heterocycles. The summed E-state index contributed by atoms with van der Waals surface area (Å²) < 4.78 is 36.9. The van der Waals surface area contributed by atoms with Crippen LogP contribution in [0.5, 0.6) is 11.6 Å². The van der Waals surface area contributed by atoms with Crippen molar-refractivity contribution in [3.8, 4) is 22.9 Å². The Kier molecular flexibility index (Phi) is 5.97. The number of nitrogens with zero attached hydrogens (tertiary/aromatic N) is 4. The van der Waals surface area contributed by atoms with Crippen LogP contribution in [0.4, 0.5) is 17.3 Å². The van der Waals surface area contributed by atoms with E-state index in [4.69, 9.17) is 9.47 Å². The van der Waals surface area contributed by atoms with Crippen LogP contribution in [0.15, 0.2) is 40.4 Å². The van der Waals surface area contributed by atoms with Crippen LogP contribution in [0, 0.1) is 0 Å². The minimum absolute atomic E-state index is 0.208. The maximum atomic E-state index is 12.7. The number of anilines is 3. The van der Waals surface area contributed by atoms with Crippen molar-refractivity contribution in [1.82, 2.24) is 19.5 Å². The number of ether oxygens (including phenoxy) is 2. The van der Waals surface area contributed by atoms with E-state index in [2.05, 4.69) is 25.6 Å². The molecule has 12 nitrogen and oxygen atoms in total. The van der Waals surface area contributed by atoms with Gasteiger partial charge in [-0.15, -0.1) is 0 Å². The first-order valence-corrected chi connectivity index (χ1v) is 12.4. The van der Waals surface area contributed by atoms with Crippen LogP contribution in [0.2, 0.25) is 0 Å². The van der Waals surface area contributed by atoms with Crippen molar-refractivity contribution in [3.63, 3.8) is 0 Å². The zero-order valence-corrected chi connectivity index (χ0v) is 20.6. The molecular weight excluding hydrogens is 476 g/mol. The van der Waals surface area contributed by atoms with Crippen LogP contribution in [-0.4, -0.2) is 52.3 Å². The first kappa shape index (κ1) is 24.1. The number of aryl methyl sites for hydroxylation is 1. The lowest BCUT2D eigenvalue weighted by atomic mass is 10.1. The fourth-order valence-corrected chi connectivity index (χ4v) is 3.91. The molecule has 184 valence electrons. The molecule has 0 atom stereocenters. The Bertz CT molecular complexity index is 1500. The molecule has 3 aromatic heterocycles. The van der Waals surface area contributed by atoms with E-state index >= 15 is 0 Å². The summed E-state index contributed by atoms with van der Waals surface area (Å²) >= 11 is 0. The van der Waals surface area contributed by atoms with Gasteiger partial charge in [0.05, 0.1) is 11.4 Å². The van der Waals surface area contributed by atoms with E-state index in [1.807, 2.05) is 13.8 Å². The van der Waals surface area contributed by atoms with Gasteiger partial charge in [-0.05, 0) is 26.0 Å². The lowest BCUT2D eigenvalue weighted by Crippen LogP contribution is -2.39. The SMILES string of the molecule is CC(=O)Nc1cc(Nc2nc(S(C)(=O)=O)cn(C)c2=O)c(-c2ccc3c(n2)OCC(C)(C)O3)cn1. The standard InChI is InChI=1S/C22H24N6O6S/c1-12(29)24-17-8-15(25-19-21(30)28(4)10-18(27-19)35(5,31)32)13(9-23-17)14-6-7-16-20(26-14)33-11-22(2,3)34-16/h6-10H,11H2,1-5H3,(H2,23,24,25,27,29). The minimum Gasteiger partial charge on any atom is -0.479 e. The second-order valence-electron chi connectivity index (χ2n) is 8.69. The van der Waals surface area contributed by atoms with Crippen molar-refractivity contribution in [2.75, 3.05) is 23.5 Å². The predicted molar refractivity (Wildman–Crippen MR) is 128 cm³/mol. The highest BCUT2D eigenvalue weighted by Crippen LogP contribution is 2.37. The highest BCUT2D eigenvalue weighted by Gasteiger charge is 2.29. The van der Waals surface area contributed by atoms with Gasteiger partial charge in [0, 0.05) is 44.3 Å². The van der Waals surface area contributed by atoms with Gasteiger partial charge in [0.1, 0.15) is 18.0 Å². The molecule has 13 heteroatoms. The van der Waals surface area contributed by atoms with E-state index in [0.29, 0.717) is 35.2 Å². The number of carbonyl (C=O) groups excluding carboxylic acids is 1. The van der Waals surface area contributed by atoms with Gasteiger partial charge in [-0.25, -0.2) is 23.4 Å². The van der Waals surface area contributed by atoms with E-state index in [1.165, 1.54) is 26.2 Å². The van der Waals surface area contributed by atoms with Gasteiger partial charge < -0.3 is 24.7 Å². The van der Waals surface area contributed by atoms with E-state index in [1.54, 1.807) is 12.1 Å². The maximum absolute atomic E-state index is 12.7. The number of pyridine rings is 2. The highest BCUT2D eigenvalue weighted by atomic mass is 32.2. The summed E-state index contributed by atoms with van der Waals surface area (Å²) in [4.78, 5) is 37.1. The number of carbonyl (C=O) groups is 1. The zero-order chi connectivity index (χ0) is 25.5. The molecule has 0 fully saturated rings. The Morgan fingerprint density at radius 3 is 2.66 bits per heavy atom. The number of hydrogen-bond donors (Lipinski definition) is 2. The Morgan fingerprint density at radius 2 is 1.97 bits per heavy atom. The molecule has 0 saturated carbocycles. The van der Waals surface area contributed by atoms with E-state index in [0.717, 1.165) is 17.0 Å². The van der Waals surface area contributed by atoms with E-state index in [-0.39, 0.29) is 22.6 Å². The highest BCUT2D eigenvalue weighted by molar-refractivity contribution is 7.90. The molecule has 2 N–H and O–H groups in total. The second-order valence-corrected chi connectivity index (χ2v) is 10.7. The third kappa shape index (κ3) is 5.24. The molecule has 0 saturated heterocycles. The summed E-state index contributed by atoms with van der Waals surface area (Å²) in [6.45, 7) is 5.43. The van der Waals surface area contributed by atoms with Crippen molar-refractivity contribution in [2.24, 2.45) is 7.05 Å². The van der Waals surface area contributed by atoms with Crippen LogP contribution < -0.4 is 25.7 Å². The smallest absolute Gasteiger partial charge is 0.293 e. The molecule has 0 spiro atoms. The van der Waals surface area contributed by atoms with Crippen LogP contribution in [0.25, 0.3) is 11.3 Å². The lowest BCUT2D eigenvalue weighted by molar-refractivity contribution is -0.114. The van der Waals surface area contributed by atoms with Crippen molar-refractivity contribution < 1.29 is 22.7 Å². The summed E-state index contributed by atoms with van der Waals surface area (Å²) in [5, 5.41) is 5.18. The third-order valence-electron chi connectivity index (χ3n) is 4.93. The maximum Gasteiger partial charge on any atom is 0.293 e. The summed E-state index contributed by atoms with van der Waals surface area (Å²) in [5.41, 5.74) is 0.138. The molecule has 3 aromatic rings. The molecular formula is C22H24N6O6S. The Balaban J connectivity index is 1.82. The van der Waals surface area contributed by atoms with Crippen LogP contribution in [-0.2, 0) is 21.7 Å². The quantitative estimate of drug-likeness (QED) is 0.531. The minimum atomic E-state index is -3.69. The number of amides is 1. The molecule has 0 aliphatic carbocycles. The monoisotopic (exact) mass is 500 g/mol. The topological polar surface area (TPSA) is 154 Å². The van der Waals surface area contributed by atoms with Crippen molar-refractivity contribution in [1.29, 1.82) is 0 Å². The molecule has 1 amide bonds. The summed E-state index contributed by atoms with van der Waals surface area (Å²) in [5.74, 6) is 0.421. The van der Waals surface area contributed by atoms with Crippen molar-refractivity contribution in [2.45, 2.75) is 31.4 Å². The fourth-order valence-electron chi connectivity index (χ4n) is 3.31. The van der Waals surface area contributed by atoms with E-state index < -0.39 is 21.0 Å². The van der Waals surface area contributed by atoms with Gasteiger partial charge in [-0.3, -0.25) is 9.59 Å². The third-order valence-corrected chi connectivity index (χ3v) is 5.89. The second kappa shape index (κ2) is 8.65. The normalized spacial score (nSPS) is 14.3. The first-order chi connectivity index (χ1) is 16.3. The Hall–Kier alpha value is -4.00. The fraction of sp³-hybridized carbons (Fsp3) is 0.318. The number of rotatable bonds is 5.